The summed E-state index contributed by atoms with van der Waals surface area (Å²) in [5, 5.41) is 8.84. The fourth-order valence-electron chi connectivity index (χ4n) is 1.50. The molecule has 0 spiro atoms. The van der Waals surface area contributed by atoms with Crippen molar-refractivity contribution in [2.75, 3.05) is 20.8 Å². The first kappa shape index (κ1) is 11.8. The van der Waals surface area contributed by atoms with Crippen LogP contribution in [0.3, 0.4) is 0 Å². The first-order valence-corrected chi connectivity index (χ1v) is 4.82. The quantitative estimate of drug-likeness (QED) is 0.765. The Labute approximate surface area is 89.6 Å². The van der Waals surface area contributed by atoms with Crippen molar-refractivity contribution >= 4 is 0 Å². The van der Waals surface area contributed by atoms with Crippen LogP contribution in [0.4, 0.5) is 0 Å². The third kappa shape index (κ3) is 2.61. The van der Waals surface area contributed by atoms with Crippen molar-refractivity contribution < 1.29 is 14.6 Å². The summed E-state index contributed by atoms with van der Waals surface area (Å²) in [7, 11) is 3.16. The van der Waals surface area contributed by atoms with Crippen LogP contribution in [0.15, 0.2) is 18.2 Å². The van der Waals surface area contributed by atoms with E-state index < -0.39 is 0 Å². The minimum absolute atomic E-state index is 0.0571. The standard InChI is InChI=1S/C11H17NO3/c1-14-10-5-3-4-8(11(10)15-2)9(12)6-7-13/h3-5,9,13H,6-7,12H2,1-2H3. The molecule has 1 aromatic rings. The summed E-state index contributed by atoms with van der Waals surface area (Å²) in [5.74, 6) is 1.30. The molecule has 0 saturated carbocycles. The molecule has 4 heteroatoms. The van der Waals surface area contributed by atoms with Gasteiger partial charge in [0.15, 0.2) is 11.5 Å². The molecule has 0 amide bonds. The van der Waals surface area contributed by atoms with E-state index in [2.05, 4.69) is 0 Å². The normalized spacial score (nSPS) is 12.3. The number of hydrogen-bond donors (Lipinski definition) is 2. The monoisotopic (exact) mass is 211 g/mol. The van der Waals surface area contributed by atoms with E-state index in [1.54, 1.807) is 14.2 Å². The number of rotatable bonds is 5. The van der Waals surface area contributed by atoms with Crippen LogP contribution in [0, 0.1) is 0 Å². The van der Waals surface area contributed by atoms with E-state index in [-0.39, 0.29) is 12.6 Å². The van der Waals surface area contributed by atoms with Crippen molar-refractivity contribution in [3.05, 3.63) is 23.8 Å². The van der Waals surface area contributed by atoms with Crippen LogP contribution in [0.2, 0.25) is 0 Å². The molecule has 0 fully saturated rings. The lowest BCUT2D eigenvalue weighted by Gasteiger charge is -2.16. The van der Waals surface area contributed by atoms with Crippen LogP contribution in [-0.2, 0) is 0 Å². The van der Waals surface area contributed by atoms with E-state index in [0.717, 1.165) is 5.56 Å². The molecule has 0 heterocycles. The molecule has 1 rings (SSSR count). The van der Waals surface area contributed by atoms with Crippen LogP contribution in [0.25, 0.3) is 0 Å². The highest BCUT2D eigenvalue weighted by atomic mass is 16.5. The summed E-state index contributed by atoms with van der Waals surface area (Å²) in [5.41, 5.74) is 6.76. The van der Waals surface area contributed by atoms with Crippen LogP contribution in [-0.4, -0.2) is 25.9 Å². The predicted molar refractivity (Wildman–Crippen MR) is 58.2 cm³/mol. The van der Waals surface area contributed by atoms with E-state index in [1.807, 2.05) is 18.2 Å². The Bertz CT molecular complexity index is 315. The summed E-state index contributed by atoms with van der Waals surface area (Å²) in [6.07, 6.45) is 0.503. The topological polar surface area (TPSA) is 64.7 Å². The molecule has 0 aliphatic rings. The van der Waals surface area contributed by atoms with E-state index in [9.17, 15) is 0 Å². The van der Waals surface area contributed by atoms with Gasteiger partial charge in [-0.15, -0.1) is 0 Å². The summed E-state index contributed by atoms with van der Waals surface area (Å²) in [6.45, 7) is 0.0571. The van der Waals surface area contributed by atoms with Gasteiger partial charge >= 0.3 is 0 Å². The fourth-order valence-corrected chi connectivity index (χ4v) is 1.50. The van der Waals surface area contributed by atoms with Gasteiger partial charge < -0.3 is 20.3 Å². The molecule has 0 aromatic heterocycles. The maximum absolute atomic E-state index is 8.84. The molecular weight excluding hydrogens is 194 g/mol. The number of aliphatic hydroxyl groups excluding tert-OH is 1. The van der Waals surface area contributed by atoms with Gasteiger partial charge in [-0.1, -0.05) is 12.1 Å². The van der Waals surface area contributed by atoms with Gasteiger partial charge in [0.1, 0.15) is 0 Å². The van der Waals surface area contributed by atoms with Crippen molar-refractivity contribution in [3.63, 3.8) is 0 Å². The molecule has 0 bridgehead atoms. The van der Waals surface area contributed by atoms with Crippen LogP contribution in [0.1, 0.15) is 18.0 Å². The van der Waals surface area contributed by atoms with E-state index >= 15 is 0 Å². The molecule has 0 aliphatic carbocycles. The number of aliphatic hydroxyl groups is 1. The Kier molecular flexibility index (Phi) is 4.39. The SMILES string of the molecule is COc1cccc(C(N)CCO)c1OC. The first-order chi connectivity index (χ1) is 7.24. The average Bonchev–Trinajstić information content (AvgIpc) is 2.28. The highest BCUT2D eigenvalue weighted by Crippen LogP contribution is 2.34. The van der Waals surface area contributed by atoms with Crippen LogP contribution in [0.5, 0.6) is 11.5 Å². The summed E-state index contributed by atoms with van der Waals surface area (Å²) >= 11 is 0. The smallest absolute Gasteiger partial charge is 0.165 e. The maximum Gasteiger partial charge on any atom is 0.165 e. The lowest BCUT2D eigenvalue weighted by molar-refractivity contribution is 0.274. The van der Waals surface area contributed by atoms with Crippen LogP contribution < -0.4 is 15.2 Å². The number of para-hydroxylation sites is 1. The van der Waals surface area contributed by atoms with Gasteiger partial charge in [0.05, 0.1) is 14.2 Å². The number of hydrogen-bond acceptors (Lipinski definition) is 4. The van der Waals surface area contributed by atoms with Crippen molar-refractivity contribution in [2.45, 2.75) is 12.5 Å². The third-order valence-electron chi connectivity index (χ3n) is 2.27. The lowest BCUT2D eigenvalue weighted by atomic mass is 10.0. The van der Waals surface area contributed by atoms with Crippen LogP contribution >= 0.6 is 0 Å². The van der Waals surface area contributed by atoms with Gasteiger partial charge in [0.2, 0.25) is 0 Å². The first-order valence-electron chi connectivity index (χ1n) is 4.82. The zero-order valence-electron chi connectivity index (χ0n) is 9.06. The van der Waals surface area contributed by atoms with Gasteiger partial charge in [0.25, 0.3) is 0 Å². The Balaban J connectivity index is 3.05. The zero-order valence-corrected chi connectivity index (χ0v) is 9.06. The van der Waals surface area contributed by atoms with Gasteiger partial charge in [-0.25, -0.2) is 0 Å². The van der Waals surface area contributed by atoms with Crippen molar-refractivity contribution in [1.82, 2.24) is 0 Å². The molecule has 0 radical (unpaired) electrons. The molecule has 0 aliphatic heterocycles. The van der Waals surface area contributed by atoms with Gasteiger partial charge in [0, 0.05) is 18.2 Å². The number of nitrogens with two attached hydrogens (primary N) is 1. The second kappa shape index (κ2) is 5.58. The van der Waals surface area contributed by atoms with Crippen molar-refractivity contribution in [3.8, 4) is 11.5 Å². The minimum atomic E-state index is -0.236. The second-order valence-corrected chi connectivity index (χ2v) is 3.20. The summed E-state index contributed by atoms with van der Waals surface area (Å²) < 4.78 is 10.4. The van der Waals surface area contributed by atoms with Crippen molar-refractivity contribution in [1.29, 1.82) is 0 Å². The number of benzene rings is 1. The fraction of sp³-hybridized carbons (Fsp3) is 0.455. The highest BCUT2D eigenvalue weighted by molar-refractivity contribution is 5.47. The van der Waals surface area contributed by atoms with E-state index in [1.165, 1.54) is 0 Å². The van der Waals surface area contributed by atoms with Gasteiger partial charge in [-0.3, -0.25) is 0 Å². The third-order valence-corrected chi connectivity index (χ3v) is 2.27. The predicted octanol–water partition coefficient (Wildman–Crippen LogP) is 1.09. The molecule has 84 valence electrons. The minimum Gasteiger partial charge on any atom is -0.493 e. The molecule has 1 aromatic carbocycles. The lowest BCUT2D eigenvalue weighted by Crippen LogP contribution is -2.13. The average molecular weight is 211 g/mol. The molecular formula is C11H17NO3. The van der Waals surface area contributed by atoms with E-state index in [4.69, 9.17) is 20.3 Å². The molecule has 0 saturated heterocycles. The Morgan fingerprint density at radius 2 is 2.07 bits per heavy atom. The largest absolute Gasteiger partial charge is 0.493 e. The molecule has 4 nitrogen and oxygen atoms in total. The van der Waals surface area contributed by atoms with Gasteiger partial charge in [-0.05, 0) is 12.5 Å². The van der Waals surface area contributed by atoms with E-state index in [0.29, 0.717) is 17.9 Å². The highest BCUT2D eigenvalue weighted by Gasteiger charge is 2.14. The van der Waals surface area contributed by atoms with Gasteiger partial charge in [-0.2, -0.15) is 0 Å². The van der Waals surface area contributed by atoms with Crippen molar-refractivity contribution in [2.24, 2.45) is 5.73 Å². The number of ether oxygens (including phenoxy) is 2. The summed E-state index contributed by atoms with van der Waals surface area (Å²) in [6, 6.07) is 5.31. The number of methoxy groups -OCH3 is 2. The summed E-state index contributed by atoms with van der Waals surface area (Å²) in [4.78, 5) is 0. The maximum atomic E-state index is 8.84. The Hall–Kier alpha value is -1.26. The Morgan fingerprint density at radius 3 is 2.60 bits per heavy atom. The second-order valence-electron chi connectivity index (χ2n) is 3.20. The molecule has 1 atom stereocenters. The Morgan fingerprint density at radius 1 is 1.33 bits per heavy atom. The molecule has 3 N–H and O–H groups in total. The zero-order chi connectivity index (χ0) is 11.3. The molecule has 15 heavy (non-hydrogen) atoms. The molecule has 1 unspecified atom stereocenters.